The summed E-state index contributed by atoms with van der Waals surface area (Å²) in [6, 6.07) is 2.54. The van der Waals surface area contributed by atoms with E-state index < -0.39 is 65.2 Å². The van der Waals surface area contributed by atoms with E-state index >= 15 is 0 Å². The molecule has 2 saturated heterocycles. The molecule has 0 radical (unpaired) electrons. The Morgan fingerprint density at radius 3 is 2.32 bits per heavy atom. The first-order chi connectivity index (χ1) is 28.0. The molecular weight excluding hydrogens is 838 g/mol. The molecule has 4 heterocycles. The van der Waals surface area contributed by atoms with E-state index in [1.165, 1.54) is 31.1 Å². The maximum absolute atomic E-state index is 14.2. The zero-order valence-corrected chi connectivity index (χ0v) is 38.5. The van der Waals surface area contributed by atoms with E-state index in [0.29, 0.717) is 30.7 Å². The Morgan fingerprint density at radius 1 is 1.08 bits per heavy atom. The zero-order chi connectivity index (χ0) is 44.7. The second-order valence-electron chi connectivity index (χ2n) is 16.5. The molecule has 334 valence electrons. The van der Waals surface area contributed by atoms with Crippen LogP contribution in [-0.4, -0.2) is 125 Å². The Balaban J connectivity index is 1.61. The van der Waals surface area contributed by atoms with Gasteiger partial charge < -0.3 is 43.7 Å². The number of benzene rings is 1. The van der Waals surface area contributed by atoms with E-state index in [2.05, 4.69) is 5.32 Å². The number of anilines is 1. The van der Waals surface area contributed by atoms with Crippen LogP contribution in [0.25, 0.3) is 0 Å². The van der Waals surface area contributed by atoms with Gasteiger partial charge in [0.1, 0.15) is 46.3 Å². The van der Waals surface area contributed by atoms with E-state index in [4.69, 9.17) is 40.4 Å². The molecule has 0 aromatic heterocycles. The summed E-state index contributed by atoms with van der Waals surface area (Å²) >= 11 is 6.79. The van der Waals surface area contributed by atoms with Gasteiger partial charge in [0.15, 0.2) is 5.72 Å². The van der Waals surface area contributed by atoms with Gasteiger partial charge in [-0.3, -0.25) is 19.7 Å². The predicted molar refractivity (Wildman–Crippen MR) is 231 cm³/mol. The number of hydrogen-bond acceptors (Lipinski definition) is 13. The minimum atomic E-state index is -1.88. The van der Waals surface area contributed by atoms with Gasteiger partial charge in [0.25, 0.3) is 0 Å². The average molecular weight is 899 g/mol. The lowest BCUT2D eigenvalue weighted by Gasteiger charge is -2.59. The van der Waals surface area contributed by atoms with Crippen LogP contribution in [0.4, 0.5) is 10.5 Å². The van der Waals surface area contributed by atoms with Gasteiger partial charge in [0, 0.05) is 57.4 Å². The molecule has 3 amide bonds. The third kappa shape index (κ3) is 12.1. The van der Waals surface area contributed by atoms with Gasteiger partial charge in [-0.2, -0.15) is 0 Å². The summed E-state index contributed by atoms with van der Waals surface area (Å²) in [5.41, 5.74) is -2.25. The number of carbonyl (C=O) groups is 5. The molecule has 15 nitrogen and oxygen atoms in total. The van der Waals surface area contributed by atoms with Gasteiger partial charge in [0.2, 0.25) is 11.8 Å². The van der Waals surface area contributed by atoms with Crippen molar-refractivity contribution in [3.05, 3.63) is 46.5 Å². The molecule has 2 fully saturated rings. The number of halogens is 1. The van der Waals surface area contributed by atoms with Crippen molar-refractivity contribution >= 4 is 68.7 Å². The molecule has 1 aromatic carbocycles. The minimum absolute atomic E-state index is 0.0910. The van der Waals surface area contributed by atoms with Crippen molar-refractivity contribution in [2.75, 3.05) is 33.2 Å². The molecule has 1 aromatic rings. The molecule has 6 bridgehead atoms. The van der Waals surface area contributed by atoms with Crippen LogP contribution in [0.5, 0.6) is 5.75 Å². The number of methoxy groups -OCH3 is 2. The molecule has 5 rings (SSSR count). The second kappa shape index (κ2) is 20.6. The molecular formula is C42H60ClN3O12S2. The number of carboxylic acids is 1. The number of esters is 1. The van der Waals surface area contributed by atoms with E-state index in [1.807, 2.05) is 26.8 Å². The number of carboxylic acid groups (broad SMARTS) is 1. The first kappa shape index (κ1) is 49.2. The lowest BCUT2D eigenvalue weighted by molar-refractivity contribution is -0.328. The van der Waals surface area contributed by atoms with Crippen molar-refractivity contribution in [3.8, 4) is 5.75 Å². The Morgan fingerprint density at radius 2 is 1.72 bits per heavy atom. The van der Waals surface area contributed by atoms with Crippen molar-refractivity contribution in [3.63, 3.8) is 0 Å². The first-order valence-electron chi connectivity index (χ1n) is 20.0. The highest BCUT2D eigenvalue weighted by Gasteiger charge is 2.63. The Hall–Kier alpha value is -3.48. The number of amides is 3. The maximum Gasteiger partial charge on any atom is 0.409 e. The first-order valence-corrected chi connectivity index (χ1v) is 22.6. The van der Waals surface area contributed by atoms with Crippen molar-refractivity contribution in [2.24, 2.45) is 0 Å². The molecule has 3 unspecified atom stereocenters. The predicted octanol–water partition coefficient (Wildman–Crippen LogP) is 6.46. The lowest BCUT2D eigenvalue weighted by Crippen LogP contribution is -2.72. The standard InChI is InChI=1S/C42H60ClN3O12S2/c1-24-12-11-13-31(55-10)42(53)22-33(57-39(52)44-42)41(6)23-40(5,58-41)32(21-35(48)46(8)29-19-28(18-24)20-30(54-9)37(29)43)56-38(51)27(4)45(7)34(47)16-14-25(2)59-60-26(3)15-17-36(49)50/h11-13,19-20,25-27,31-33,53H,14-18,21-23H2,1-10H3,(H,44,52)(H,49,50)/b13-11+,24-12+/t25?,26?,27-,31+,32-,33-,40+,41?,42-/m0/s1. The summed E-state index contributed by atoms with van der Waals surface area (Å²) in [5.74, 6) is -1.96. The number of alkyl carbamates (subject to hydrolysis) is 1. The van der Waals surface area contributed by atoms with Gasteiger partial charge in [0.05, 0.1) is 19.2 Å². The van der Waals surface area contributed by atoms with Gasteiger partial charge in [-0.15, -0.1) is 0 Å². The normalized spacial score (nSPS) is 30.0. The summed E-state index contributed by atoms with van der Waals surface area (Å²) in [4.78, 5) is 68.1. The monoisotopic (exact) mass is 897 g/mol. The van der Waals surface area contributed by atoms with E-state index in [-0.39, 0.29) is 53.5 Å². The van der Waals surface area contributed by atoms with Crippen molar-refractivity contribution in [1.29, 1.82) is 0 Å². The minimum Gasteiger partial charge on any atom is -0.495 e. The number of aliphatic carboxylic acids is 1. The van der Waals surface area contributed by atoms with E-state index in [0.717, 1.165) is 11.1 Å². The van der Waals surface area contributed by atoms with Crippen LogP contribution in [0.1, 0.15) is 92.1 Å². The zero-order valence-electron chi connectivity index (χ0n) is 36.1. The van der Waals surface area contributed by atoms with E-state index in [9.17, 15) is 29.1 Å². The molecule has 0 saturated carbocycles. The number of nitrogens with zero attached hydrogens (tertiary/aromatic N) is 2. The highest BCUT2D eigenvalue weighted by molar-refractivity contribution is 8.77. The van der Waals surface area contributed by atoms with Gasteiger partial charge in [-0.05, 0) is 64.7 Å². The number of rotatable bonds is 14. The number of ether oxygens (including phenoxy) is 5. The molecule has 0 spiro atoms. The fourth-order valence-electron chi connectivity index (χ4n) is 7.63. The van der Waals surface area contributed by atoms with Crippen LogP contribution in [0.15, 0.2) is 35.9 Å². The molecule has 3 N–H and O–H groups in total. The largest absolute Gasteiger partial charge is 0.495 e. The van der Waals surface area contributed by atoms with Crippen LogP contribution in [0.2, 0.25) is 5.02 Å². The van der Waals surface area contributed by atoms with Gasteiger partial charge in [-0.1, -0.05) is 70.8 Å². The third-order valence-corrected chi connectivity index (χ3v) is 15.3. The van der Waals surface area contributed by atoms with Crippen LogP contribution in [-0.2, 0) is 44.5 Å². The quantitative estimate of drug-likeness (QED) is 0.136. The second-order valence-corrected chi connectivity index (χ2v) is 20.0. The van der Waals surface area contributed by atoms with Gasteiger partial charge in [-0.25, -0.2) is 9.59 Å². The van der Waals surface area contributed by atoms with Gasteiger partial charge >= 0.3 is 18.0 Å². The SMILES string of the molecule is COc1cc2cc(c1Cl)N(C)C(=O)C[C@H](OC(=O)[C@H](C)N(C)C(=O)CCC(C)SSC(C)CCC(=O)O)[C@@]1(C)CC(C)(O1)[C@@H]1C[C@@](O)(NC(=O)O1)[C@H](OC)/C=C/C=C(\C)C2. The topological polar surface area (TPSA) is 190 Å². The lowest BCUT2D eigenvalue weighted by atomic mass is 9.72. The number of nitrogens with one attached hydrogen (secondary N) is 1. The number of hydrogen-bond donors (Lipinski definition) is 3. The average Bonchev–Trinajstić information content (AvgIpc) is 3.17. The maximum atomic E-state index is 14.2. The molecule has 4 aliphatic heterocycles. The summed E-state index contributed by atoms with van der Waals surface area (Å²) in [5, 5.41) is 23.7. The summed E-state index contributed by atoms with van der Waals surface area (Å²) in [7, 11) is 9.17. The fraction of sp³-hybridized carbons (Fsp3) is 0.643. The Labute approximate surface area is 365 Å². The fourth-order valence-corrected chi connectivity index (χ4v) is 10.5. The Bertz CT molecular complexity index is 1820. The molecule has 9 atom stereocenters. The van der Waals surface area contributed by atoms with Crippen LogP contribution in [0.3, 0.4) is 0 Å². The number of aliphatic hydroxyl groups is 1. The number of fused-ring (bicyclic) bond motifs is 6. The van der Waals surface area contributed by atoms with Crippen molar-refractivity contribution < 1.29 is 57.9 Å². The molecule has 4 aliphatic rings. The summed E-state index contributed by atoms with van der Waals surface area (Å²) < 4.78 is 29.6. The van der Waals surface area contributed by atoms with Crippen molar-refractivity contribution in [1.82, 2.24) is 10.2 Å². The van der Waals surface area contributed by atoms with Crippen LogP contribution in [0, 0.1) is 0 Å². The van der Waals surface area contributed by atoms with E-state index in [1.54, 1.807) is 73.7 Å². The number of likely N-dealkylation sites (N-methyl/N-ethyl adjacent to an activating group) is 1. The summed E-state index contributed by atoms with van der Waals surface area (Å²) in [6.45, 7) is 10.8. The third-order valence-electron chi connectivity index (χ3n) is 11.4. The smallest absolute Gasteiger partial charge is 0.409 e. The molecule has 18 heteroatoms. The van der Waals surface area contributed by atoms with Crippen LogP contribution < -0.4 is 15.0 Å². The molecule has 60 heavy (non-hydrogen) atoms. The highest BCUT2D eigenvalue weighted by atomic mass is 35.5. The molecule has 0 aliphatic carbocycles. The number of carbonyl (C=O) groups excluding carboxylic acids is 4. The summed E-state index contributed by atoms with van der Waals surface area (Å²) in [6.07, 6.45) is 2.69. The van der Waals surface area contributed by atoms with Crippen molar-refractivity contribution in [2.45, 2.75) is 145 Å². The van der Waals surface area contributed by atoms with Crippen LogP contribution >= 0.6 is 33.2 Å². The number of allylic oxidation sites excluding steroid dienone is 3. The Kier molecular flexibility index (Phi) is 16.9. The highest BCUT2D eigenvalue weighted by Crippen LogP contribution is 2.50.